The van der Waals surface area contributed by atoms with Crippen LogP contribution >= 0.6 is 0 Å². The van der Waals surface area contributed by atoms with Crippen molar-refractivity contribution in [3.8, 4) is 5.75 Å². The fourth-order valence-electron chi connectivity index (χ4n) is 2.30. The van der Waals surface area contributed by atoms with Crippen molar-refractivity contribution in [2.24, 2.45) is 0 Å². The van der Waals surface area contributed by atoms with Crippen molar-refractivity contribution in [3.05, 3.63) is 63.6 Å². The summed E-state index contributed by atoms with van der Waals surface area (Å²) >= 11 is 0. The molecule has 25 heavy (non-hydrogen) atoms. The third kappa shape index (κ3) is 4.62. The number of nitrogens with zero attached hydrogens (tertiary/aromatic N) is 1. The molecule has 0 bridgehead atoms. The number of nitrogens with one attached hydrogen (secondary N) is 1. The number of carbonyl (C=O) groups excluding carboxylic acids is 1. The van der Waals surface area contributed by atoms with E-state index in [-0.39, 0.29) is 24.2 Å². The highest BCUT2D eigenvalue weighted by atomic mass is 19.4. The lowest BCUT2D eigenvalue weighted by atomic mass is 10.1. The molecule has 0 saturated carbocycles. The zero-order valence-electron chi connectivity index (χ0n) is 13.7. The number of hydrogen-bond acceptors (Lipinski definition) is 3. The summed E-state index contributed by atoms with van der Waals surface area (Å²) in [5.41, 5.74) is -0.287. The van der Waals surface area contributed by atoms with Gasteiger partial charge in [0.05, 0.1) is 12.7 Å². The fraction of sp³-hybridized carbons (Fsp3) is 0.294. The van der Waals surface area contributed by atoms with Gasteiger partial charge < -0.3 is 14.6 Å². The van der Waals surface area contributed by atoms with Crippen LogP contribution in [0.3, 0.4) is 0 Å². The summed E-state index contributed by atoms with van der Waals surface area (Å²) in [5, 5.41) is 2.58. The first-order valence-corrected chi connectivity index (χ1v) is 7.43. The molecule has 0 aliphatic rings. The van der Waals surface area contributed by atoms with E-state index in [0.29, 0.717) is 11.4 Å². The van der Waals surface area contributed by atoms with Crippen LogP contribution in [0.1, 0.15) is 21.6 Å². The molecule has 1 heterocycles. The molecule has 2 rings (SSSR count). The smallest absolute Gasteiger partial charge is 0.416 e. The van der Waals surface area contributed by atoms with Gasteiger partial charge in [0.1, 0.15) is 5.75 Å². The zero-order valence-corrected chi connectivity index (χ0v) is 13.7. The minimum Gasteiger partial charge on any atom is -0.496 e. The predicted molar refractivity (Wildman–Crippen MR) is 85.8 cm³/mol. The first-order valence-electron chi connectivity index (χ1n) is 7.43. The molecular weight excluding hydrogens is 337 g/mol. The maximum atomic E-state index is 12.5. The Bertz CT molecular complexity index is 811. The molecule has 0 spiro atoms. The summed E-state index contributed by atoms with van der Waals surface area (Å²) in [6, 6.07) is 6.97. The number of carbonyl (C=O) groups is 1. The van der Waals surface area contributed by atoms with Crippen molar-refractivity contribution in [2.45, 2.75) is 19.6 Å². The summed E-state index contributed by atoms with van der Waals surface area (Å²) in [5.74, 6) is -0.0551. The lowest BCUT2D eigenvalue weighted by Gasteiger charge is -2.12. The molecule has 1 aromatic heterocycles. The van der Waals surface area contributed by atoms with Gasteiger partial charge in [-0.2, -0.15) is 13.2 Å². The van der Waals surface area contributed by atoms with Crippen molar-refractivity contribution in [1.29, 1.82) is 0 Å². The highest BCUT2D eigenvalue weighted by Crippen LogP contribution is 2.29. The number of benzene rings is 1. The van der Waals surface area contributed by atoms with Crippen LogP contribution in [0.5, 0.6) is 5.75 Å². The third-order valence-corrected chi connectivity index (χ3v) is 3.64. The van der Waals surface area contributed by atoms with Crippen molar-refractivity contribution in [1.82, 2.24) is 9.88 Å². The third-order valence-electron chi connectivity index (χ3n) is 3.64. The van der Waals surface area contributed by atoms with Crippen LogP contribution in [-0.4, -0.2) is 24.1 Å². The van der Waals surface area contributed by atoms with Crippen molar-refractivity contribution < 1.29 is 22.7 Å². The molecule has 0 saturated heterocycles. The molecule has 134 valence electrons. The van der Waals surface area contributed by atoms with E-state index < -0.39 is 17.6 Å². The molecule has 0 aliphatic carbocycles. The molecule has 0 atom stereocenters. The average molecular weight is 354 g/mol. The number of methoxy groups -OCH3 is 1. The van der Waals surface area contributed by atoms with Gasteiger partial charge in [-0.05, 0) is 37.3 Å². The summed E-state index contributed by atoms with van der Waals surface area (Å²) in [7, 11) is 1.46. The van der Waals surface area contributed by atoms with Crippen molar-refractivity contribution >= 4 is 5.91 Å². The minimum atomic E-state index is -4.44. The monoisotopic (exact) mass is 354 g/mol. The quantitative estimate of drug-likeness (QED) is 0.898. The number of rotatable bonds is 5. The molecule has 0 radical (unpaired) electrons. The molecule has 8 heteroatoms. The predicted octanol–water partition coefficient (Wildman–Crippen LogP) is 2.61. The average Bonchev–Trinajstić information content (AvgIpc) is 2.56. The first-order chi connectivity index (χ1) is 11.7. The molecular formula is C17H17F3N2O3. The summed E-state index contributed by atoms with van der Waals surface area (Å²) < 4.78 is 44.0. The van der Waals surface area contributed by atoms with E-state index in [4.69, 9.17) is 4.74 Å². The standard InChI is InChI=1S/C17H17F3N2O3/c1-11-9-14(25-2)10-15(23)22(11)8-7-21-16(24)12-3-5-13(6-4-12)17(18,19)20/h3-6,9-10H,7-8H2,1-2H3,(H,21,24). The Balaban J connectivity index is 1.98. The maximum Gasteiger partial charge on any atom is 0.416 e. The largest absolute Gasteiger partial charge is 0.496 e. The van der Waals surface area contributed by atoms with Gasteiger partial charge in [0.15, 0.2) is 0 Å². The van der Waals surface area contributed by atoms with Crippen LogP contribution in [-0.2, 0) is 12.7 Å². The van der Waals surface area contributed by atoms with Crippen LogP contribution < -0.4 is 15.6 Å². The van der Waals surface area contributed by atoms with Gasteiger partial charge in [0.2, 0.25) is 0 Å². The molecule has 1 aromatic carbocycles. The van der Waals surface area contributed by atoms with E-state index >= 15 is 0 Å². The van der Waals surface area contributed by atoms with Crippen molar-refractivity contribution in [2.75, 3.05) is 13.7 Å². The van der Waals surface area contributed by atoms with Crippen LogP contribution in [0.15, 0.2) is 41.2 Å². The number of alkyl halides is 3. The van der Waals surface area contributed by atoms with E-state index in [2.05, 4.69) is 5.32 Å². The van der Waals surface area contributed by atoms with Crippen LogP contribution in [0.25, 0.3) is 0 Å². The lowest BCUT2D eigenvalue weighted by Crippen LogP contribution is -2.31. The molecule has 1 N–H and O–H groups in total. The zero-order chi connectivity index (χ0) is 18.6. The topological polar surface area (TPSA) is 60.3 Å². The molecule has 1 amide bonds. The van der Waals surface area contributed by atoms with Gasteiger partial charge >= 0.3 is 6.18 Å². The summed E-state index contributed by atoms with van der Waals surface area (Å²) in [6.45, 7) is 2.13. The Morgan fingerprint density at radius 1 is 1.20 bits per heavy atom. The second-order valence-electron chi connectivity index (χ2n) is 5.36. The van der Waals surface area contributed by atoms with Crippen LogP contribution in [0.4, 0.5) is 13.2 Å². The van der Waals surface area contributed by atoms with E-state index in [1.807, 2.05) is 0 Å². The number of amides is 1. The number of aromatic nitrogens is 1. The molecule has 2 aromatic rings. The van der Waals surface area contributed by atoms with E-state index in [1.54, 1.807) is 13.0 Å². The van der Waals surface area contributed by atoms with Gasteiger partial charge in [-0.25, -0.2) is 0 Å². The fourth-order valence-corrected chi connectivity index (χ4v) is 2.30. The number of aryl methyl sites for hydroxylation is 1. The van der Waals surface area contributed by atoms with Crippen LogP contribution in [0, 0.1) is 6.92 Å². The summed E-state index contributed by atoms with van der Waals surface area (Å²) in [6.07, 6.45) is -4.44. The Hall–Kier alpha value is -2.77. The maximum absolute atomic E-state index is 12.5. The Labute approximate surface area is 142 Å². The Kier molecular flexibility index (Phi) is 5.51. The number of halogens is 3. The van der Waals surface area contributed by atoms with Crippen LogP contribution in [0.2, 0.25) is 0 Å². The number of pyridine rings is 1. The van der Waals surface area contributed by atoms with Gasteiger partial charge in [-0.3, -0.25) is 9.59 Å². The molecule has 5 nitrogen and oxygen atoms in total. The Morgan fingerprint density at radius 2 is 1.84 bits per heavy atom. The van der Waals surface area contributed by atoms with E-state index in [0.717, 1.165) is 24.3 Å². The Morgan fingerprint density at radius 3 is 2.36 bits per heavy atom. The van der Waals surface area contributed by atoms with Gasteiger partial charge in [0.25, 0.3) is 11.5 Å². The van der Waals surface area contributed by atoms with Gasteiger partial charge in [-0.1, -0.05) is 0 Å². The first kappa shape index (κ1) is 18.6. The minimum absolute atomic E-state index is 0.117. The second kappa shape index (κ2) is 7.42. The van der Waals surface area contributed by atoms with E-state index in [1.165, 1.54) is 17.7 Å². The second-order valence-corrected chi connectivity index (χ2v) is 5.36. The molecule has 0 unspecified atom stereocenters. The highest BCUT2D eigenvalue weighted by molar-refractivity contribution is 5.94. The SMILES string of the molecule is COc1cc(C)n(CCNC(=O)c2ccc(C(F)(F)F)cc2)c(=O)c1. The van der Waals surface area contributed by atoms with Gasteiger partial charge in [0, 0.05) is 30.4 Å². The highest BCUT2D eigenvalue weighted by Gasteiger charge is 2.30. The van der Waals surface area contributed by atoms with Crippen molar-refractivity contribution in [3.63, 3.8) is 0 Å². The van der Waals surface area contributed by atoms with E-state index in [9.17, 15) is 22.8 Å². The summed E-state index contributed by atoms with van der Waals surface area (Å²) in [4.78, 5) is 23.9. The number of hydrogen-bond donors (Lipinski definition) is 1. The number of ether oxygens (including phenoxy) is 1. The normalized spacial score (nSPS) is 11.2. The van der Waals surface area contributed by atoms with Gasteiger partial charge in [-0.15, -0.1) is 0 Å². The molecule has 0 aliphatic heterocycles. The lowest BCUT2D eigenvalue weighted by molar-refractivity contribution is -0.137. The molecule has 0 fully saturated rings.